The number of nitrogens with zero attached hydrogens (tertiary/aromatic N) is 2. The average Bonchev–Trinajstić information content (AvgIpc) is 2.50. The minimum atomic E-state index is -1.10. The van der Waals surface area contributed by atoms with Gasteiger partial charge in [0, 0.05) is 10.8 Å². The first-order valence-electron chi connectivity index (χ1n) is 7.09. The second-order valence-corrected chi connectivity index (χ2v) is 5.92. The number of methoxy groups -OCH3 is 1. The van der Waals surface area contributed by atoms with Crippen LogP contribution in [0.5, 0.6) is 0 Å². The normalized spacial score (nSPS) is 12.5. The standard InChI is InChI=1S/C16H19N3O4/c1-16(2,3)23-15(21)18-13(14(20)22-4)12-11-8-6-5-7-10(11)9-17-19-12/h5-9,13H,1-4H3,(H,18,21). The molecule has 0 fully saturated rings. The number of benzene rings is 1. The molecule has 1 unspecified atom stereocenters. The third-order valence-corrected chi connectivity index (χ3v) is 2.97. The van der Waals surface area contributed by atoms with Gasteiger partial charge in [-0.3, -0.25) is 0 Å². The Kier molecular flexibility index (Phi) is 4.78. The number of ether oxygens (including phenoxy) is 2. The molecule has 2 rings (SSSR count). The largest absolute Gasteiger partial charge is 0.467 e. The van der Waals surface area contributed by atoms with Crippen molar-refractivity contribution in [2.45, 2.75) is 32.4 Å². The molecule has 1 N–H and O–H groups in total. The molecular formula is C16H19N3O4. The Morgan fingerprint density at radius 1 is 1.22 bits per heavy atom. The molecular weight excluding hydrogens is 298 g/mol. The number of alkyl carbamates (subject to hydrolysis) is 1. The molecule has 1 aromatic heterocycles. The molecule has 0 bridgehead atoms. The predicted molar refractivity (Wildman–Crippen MR) is 83.7 cm³/mol. The third-order valence-electron chi connectivity index (χ3n) is 2.97. The average molecular weight is 317 g/mol. The Balaban J connectivity index is 2.38. The molecule has 0 saturated carbocycles. The molecule has 0 aliphatic heterocycles. The van der Waals surface area contributed by atoms with Crippen molar-refractivity contribution in [2.75, 3.05) is 7.11 Å². The van der Waals surface area contributed by atoms with Gasteiger partial charge in [-0.25, -0.2) is 9.59 Å². The van der Waals surface area contributed by atoms with E-state index in [2.05, 4.69) is 15.5 Å². The summed E-state index contributed by atoms with van der Waals surface area (Å²) >= 11 is 0. The third kappa shape index (κ3) is 4.15. The fraction of sp³-hybridized carbons (Fsp3) is 0.375. The highest BCUT2D eigenvalue weighted by Gasteiger charge is 2.29. The van der Waals surface area contributed by atoms with Crippen molar-refractivity contribution in [3.05, 3.63) is 36.2 Å². The minimum Gasteiger partial charge on any atom is -0.467 e. The molecule has 2 aromatic rings. The minimum absolute atomic E-state index is 0.306. The van der Waals surface area contributed by atoms with Gasteiger partial charge in [0.25, 0.3) is 0 Å². The number of nitrogens with one attached hydrogen (secondary N) is 1. The van der Waals surface area contributed by atoms with Gasteiger partial charge in [0.1, 0.15) is 11.3 Å². The summed E-state index contributed by atoms with van der Waals surface area (Å²) < 4.78 is 9.96. The number of aromatic nitrogens is 2. The van der Waals surface area contributed by atoms with Crippen LogP contribution in [0.4, 0.5) is 4.79 Å². The molecule has 7 nitrogen and oxygen atoms in total. The first kappa shape index (κ1) is 16.7. The summed E-state index contributed by atoms with van der Waals surface area (Å²) in [4.78, 5) is 24.1. The van der Waals surface area contributed by atoms with Crippen LogP contribution in [0.1, 0.15) is 32.5 Å². The van der Waals surface area contributed by atoms with E-state index in [1.165, 1.54) is 7.11 Å². The maximum atomic E-state index is 12.1. The van der Waals surface area contributed by atoms with E-state index in [4.69, 9.17) is 9.47 Å². The van der Waals surface area contributed by atoms with Crippen LogP contribution in [0.3, 0.4) is 0 Å². The highest BCUT2D eigenvalue weighted by molar-refractivity contribution is 5.90. The summed E-state index contributed by atoms with van der Waals surface area (Å²) in [5.41, 5.74) is -0.379. The summed E-state index contributed by atoms with van der Waals surface area (Å²) in [5.74, 6) is -0.651. The molecule has 23 heavy (non-hydrogen) atoms. The van der Waals surface area contributed by atoms with Crippen LogP contribution in [-0.2, 0) is 14.3 Å². The van der Waals surface area contributed by atoms with Crippen LogP contribution in [0.25, 0.3) is 10.8 Å². The van der Waals surface area contributed by atoms with Gasteiger partial charge in [-0.15, -0.1) is 0 Å². The number of esters is 1. The topological polar surface area (TPSA) is 90.4 Å². The lowest BCUT2D eigenvalue weighted by Gasteiger charge is -2.22. The maximum Gasteiger partial charge on any atom is 0.408 e. The van der Waals surface area contributed by atoms with Crippen LogP contribution in [0.2, 0.25) is 0 Å². The summed E-state index contributed by atoms with van der Waals surface area (Å²) in [5, 5.41) is 11.9. The molecule has 1 heterocycles. The van der Waals surface area contributed by atoms with Crippen LogP contribution in [0, 0.1) is 0 Å². The van der Waals surface area contributed by atoms with Crippen molar-refractivity contribution < 1.29 is 19.1 Å². The molecule has 0 spiro atoms. The van der Waals surface area contributed by atoms with Gasteiger partial charge in [0.2, 0.25) is 0 Å². The van der Waals surface area contributed by atoms with Gasteiger partial charge in [-0.05, 0) is 20.8 Å². The van der Waals surface area contributed by atoms with Crippen LogP contribution < -0.4 is 5.32 Å². The van der Waals surface area contributed by atoms with Crippen LogP contribution >= 0.6 is 0 Å². The quantitative estimate of drug-likeness (QED) is 0.874. The number of hydrogen-bond donors (Lipinski definition) is 1. The smallest absolute Gasteiger partial charge is 0.408 e. The number of carbonyl (C=O) groups is 2. The summed E-state index contributed by atoms with van der Waals surface area (Å²) in [6.45, 7) is 5.20. The zero-order valence-corrected chi connectivity index (χ0v) is 13.5. The Morgan fingerprint density at radius 3 is 2.57 bits per heavy atom. The Bertz CT molecular complexity index is 719. The van der Waals surface area contributed by atoms with E-state index < -0.39 is 23.7 Å². The van der Waals surface area contributed by atoms with Crippen LogP contribution in [-0.4, -0.2) is 35.0 Å². The zero-order chi connectivity index (χ0) is 17.0. The highest BCUT2D eigenvalue weighted by atomic mass is 16.6. The summed E-state index contributed by atoms with van der Waals surface area (Å²) in [6.07, 6.45) is 0.850. The van der Waals surface area contributed by atoms with E-state index in [-0.39, 0.29) is 0 Å². The van der Waals surface area contributed by atoms with Crippen molar-refractivity contribution in [3.63, 3.8) is 0 Å². The Labute approximate surface area is 134 Å². The fourth-order valence-corrected chi connectivity index (χ4v) is 2.05. The number of carbonyl (C=O) groups excluding carboxylic acids is 2. The first-order valence-corrected chi connectivity index (χ1v) is 7.09. The molecule has 0 radical (unpaired) electrons. The predicted octanol–water partition coefficient (Wildman–Crippen LogP) is 2.37. The molecule has 0 saturated heterocycles. The lowest BCUT2D eigenvalue weighted by atomic mass is 10.1. The van der Waals surface area contributed by atoms with E-state index in [0.717, 1.165) is 5.39 Å². The van der Waals surface area contributed by atoms with E-state index in [9.17, 15) is 9.59 Å². The molecule has 0 aliphatic carbocycles. The zero-order valence-electron chi connectivity index (χ0n) is 13.5. The molecule has 1 atom stereocenters. The van der Waals surface area contributed by atoms with Crippen molar-refractivity contribution in [3.8, 4) is 0 Å². The molecule has 7 heteroatoms. The molecule has 1 amide bonds. The monoisotopic (exact) mass is 317 g/mol. The van der Waals surface area contributed by atoms with Gasteiger partial charge in [-0.2, -0.15) is 10.2 Å². The SMILES string of the molecule is COC(=O)C(NC(=O)OC(C)(C)C)c1nncc2ccccc12. The van der Waals surface area contributed by atoms with E-state index in [1.807, 2.05) is 18.2 Å². The first-order chi connectivity index (χ1) is 10.8. The Hall–Kier alpha value is -2.70. The fourth-order valence-electron chi connectivity index (χ4n) is 2.05. The maximum absolute atomic E-state index is 12.1. The van der Waals surface area contributed by atoms with Crippen molar-refractivity contribution >= 4 is 22.8 Å². The lowest BCUT2D eigenvalue weighted by molar-refractivity contribution is -0.143. The number of rotatable bonds is 3. The summed E-state index contributed by atoms with van der Waals surface area (Å²) in [7, 11) is 1.24. The number of hydrogen-bond acceptors (Lipinski definition) is 6. The Morgan fingerprint density at radius 2 is 1.91 bits per heavy atom. The lowest BCUT2D eigenvalue weighted by Crippen LogP contribution is -2.39. The molecule has 0 aliphatic rings. The van der Waals surface area contributed by atoms with Gasteiger partial charge < -0.3 is 14.8 Å². The van der Waals surface area contributed by atoms with Crippen molar-refractivity contribution in [1.82, 2.24) is 15.5 Å². The van der Waals surface area contributed by atoms with Gasteiger partial charge in [0.15, 0.2) is 6.04 Å². The van der Waals surface area contributed by atoms with E-state index in [0.29, 0.717) is 11.1 Å². The van der Waals surface area contributed by atoms with Crippen LogP contribution in [0.15, 0.2) is 30.5 Å². The number of amides is 1. The second kappa shape index (κ2) is 6.60. The summed E-state index contributed by atoms with van der Waals surface area (Å²) in [6, 6.07) is 6.20. The van der Waals surface area contributed by atoms with Gasteiger partial charge in [0.05, 0.1) is 13.3 Å². The van der Waals surface area contributed by atoms with Crippen molar-refractivity contribution in [1.29, 1.82) is 0 Å². The van der Waals surface area contributed by atoms with Crippen molar-refractivity contribution in [2.24, 2.45) is 0 Å². The molecule has 122 valence electrons. The number of fused-ring (bicyclic) bond motifs is 1. The van der Waals surface area contributed by atoms with E-state index in [1.54, 1.807) is 33.0 Å². The molecule has 1 aromatic carbocycles. The highest BCUT2D eigenvalue weighted by Crippen LogP contribution is 2.22. The van der Waals surface area contributed by atoms with Gasteiger partial charge >= 0.3 is 12.1 Å². The second-order valence-electron chi connectivity index (χ2n) is 5.92. The van der Waals surface area contributed by atoms with Gasteiger partial charge in [-0.1, -0.05) is 24.3 Å². The van der Waals surface area contributed by atoms with E-state index >= 15 is 0 Å².